The van der Waals surface area contributed by atoms with Gasteiger partial charge < -0.3 is 14.8 Å². The Balaban J connectivity index is 1.88. The molecule has 0 amide bonds. The maximum absolute atomic E-state index is 5.49. The van der Waals surface area contributed by atoms with Crippen LogP contribution < -0.4 is 5.32 Å². The van der Waals surface area contributed by atoms with Gasteiger partial charge in [0.15, 0.2) is 6.29 Å². The fourth-order valence-corrected chi connectivity index (χ4v) is 2.06. The van der Waals surface area contributed by atoms with Crippen molar-refractivity contribution in [1.29, 1.82) is 0 Å². The minimum atomic E-state index is -0.189. The molecule has 4 nitrogen and oxygen atoms in total. The molecule has 1 heterocycles. The fraction of sp³-hybridized carbons (Fsp3) is 0.438. The van der Waals surface area contributed by atoms with Gasteiger partial charge >= 0.3 is 0 Å². The summed E-state index contributed by atoms with van der Waals surface area (Å²) in [6.07, 6.45) is -0.189. The highest BCUT2D eigenvalue weighted by Crippen LogP contribution is 2.11. The summed E-state index contributed by atoms with van der Waals surface area (Å²) in [4.78, 5) is 4.62. The molecule has 0 atom stereocenters. The molecule has 0 aliphatic heterocycles. The third-order valence-corrected chi connectivity index (χ3v) is 2.98. The van der Waals surface area contributed by atoms with Gasteiger partial charge in [0.2, 0.25) is 0 Å². The Labute approximate surface area is 120 Å². The standard InChI is InChI=1S/C16H22N2O2/c1-3-19-16(20-4-2)12-17-11-14-10-9-13-7-5-6-8-15(13)18-14/h5-10,16-17H,3-4,11-12H2,1-2H3. The van der Waals surface area contributed by atoms with Crippen molar-refractivity contribution < 1.29 is 9.47 Å². The van der Waals surface area contributed by atoms with Crippen LogP contribution in [0.25, 0.3) is 10.9 Å². The smallest absolute Gasteiger partial charge is 0.169 e. The van der Waals surface area contributed by atoms with Crippen molar-refractivity contribution in [2.45, 2.75) is 26.7 Å². The number of nitrogens with zero attached hydrogens (tertiary/aromatic N) is 1. The molecule has 0 spiro atoms. The maximum Gasteiger partial charge on any atom is 0.169 e. The molecule has 2 aromatic rings. The molecular weight excluding hydrogens is 252 g/mol. The lowest BCUT2D eigenvalue weighted by Gasteiger charge is -2.17. The molecule has 0 unspecified atom stereocenters. The summed E-state index contributed by atoms with van der Waals surface area (Å²) in [5, 5.41) is 4.49. The lowest BCUT2D eigenvalue weighted by atomic mass is 10.2. The van der Waals surface area contributed by atoms with E-state index in [0.717, 1.165) is 16.6 Å². The average Bonchev–Trinajstić information content (AvgIpc) is 2.47. The molecule has 1 aromatic carbocycles. The average molecular weight is 274 g/mol. The summed E-state index contributed by atoms with van der Waals surface area (Å²) < 4.78 is 11.0. The van der Waals surface area contributed by atoms with Crippen LogP contribution in [-0.2, 0) is 16.0 Å². The Kier molecular flexibility index (Phi) is 5.92. The SMILES string of the molecule is CCOC(CNCc1ccc2ccccc2n1)OCC. The second kappa shape index (κ2) is 7.94. The monoisotopic (exact) mass is 274 g/mol. The number of benzene rings is 1. The van der Waals surface area contributed by atoms with Gasteiger partial charge in [-0.25, -0.2) is 0 Å². The molecule has 20 heavy (non-hydrogen) atoms. The number of hydrogen-bond acceptors (Lipinski definition) is 4. The van der Waals surface area contributed by atoms with Crippen LogP contribution in [0.1, 0.15) is 19.5 Å². The lowest BCUT2D eigenvalue weighted by Crippen LogP contribution is -2.31. The summed E-state index contributed by atoms with van der Waals surface area (Å²) in [6.45, 7) is 6.62. The summed E-state index contributed by atoms with van der Waals surface area (Å²) in [5.41, 5.74) is 2.05. The van der Waals surface area contributed by atoms with Gasteiger partial charge in [0.05, 0.1) is 11.2 Å². The number of nitrogens with one attached hydrogen (secondary N) is 1. The van der Waals surface area contributed by atoms with Gasteiger partial charge in [-0.2, -0.15) is 0 Å². The Morgan fingerprint density at radius 1 is 1.05 bits per heavy atom. The summed E-state index contributed by atoms with van der Waals surface area (Å²) in [5.74, 6) is 0. The Morgan fingerprint density at radius 2 is 1.80 bits per heavy atom. The first kappa shape index (κ1) is 14.9. The largest absolute Gasteiger partial charge is 0.352 e. The van der Waals surface area contributed by atoms with E-state index in [9.17, 15) is 0 Å². The van der Waals surface area contributed by atoms with Gasteiger partial charge in [-0.1, -0.05) is 24.3 Å². The zero-order valence-corrected chi connectivity index (χ0v) is 12.1. The van der Waals surface area contributed by atoms with E-state index in [1.165, 1.54) is 0 Å². The zero-order valence-electron chi connectivity index (χ0n) is 12.1. The van der Waals surface area contributed by atoms with E-state index in [-0.39, 0.29) is 6.29 Å². The normalized spacial score (nSPS) is 11.3. The first-order chi connectivity index (χ1) is 9.83. The number of rotatable bonds is 8. The number of ether oxygens (including phenoxy) is 2. The van der Waals surface area contributed by atoms with Crippen LogP contribution in [0.2, 0.25) is 0 Å². The number of fused-ring (bicyclic) bond motifs is 1. The molecule has 0 aliphatic rings. The highest BCUT2D eigenvalue weighted by atomic mass is 16.7. The van der Waals surface area contributed by atoms with Gasteiger partial charge in [0.1, 0.15) is 0 Å². The van der Waals surface area contributed by atoms with E-state index < -0.39 is 0 Å². The first-order valence-corrected chi connectivity index (χ1v) is 7.12. The molecular formula is C16H22N2O2. The van der Waals surface area contributed by atoms with E-state index >= 15 is 0 Å². The summed E-state index contributed by atoms with van der Waals surface area (Å²) in [7, 11) is 0. The molecule has 0 bridgehead atoms. The van der Waals surface area contributed by atoms with Crippen LogP contribution in [0, 0.1) is 0 Å². The molecule has 0 fully saturated rings. The molecule has 108 valence electrons. The molecule has 2 rings (SSSR count). The van der Waals surface area contributed by atoms with Crippen molar-refractivity contribution in [3.63, 3.8) is 0 Å². The molecule has 0 saturated carbocycles. The number of hydrogen-bond donors (Lipinski definition) is 1. The van der Waals surface area contributed by atoms with Gasteiger partial charge in [0.25, 0.3) is 0 Å². The lowest BCUT2D eigenvalue weighted by molar-refractivity contribution is -0.133. The molecule has 1 N–H and O–H groups in total. The molecule has 1 aromatic heterocycles. The molecule has 4 heteroatoms. The van der Waals surface area contributed by atoms with Crippen molar-refractivity contribution in [2.24, 2.45) is 0 Å². The van der Waals surface area contributed by atoms with Crippen molar-refractivity contribution in [3.8, 4) is 0 Å². The van der Waals surface area contributed by atoms with Crippen molar-refractivity contribution in [3.05, 3.63) is 42.1 Å². The van der Waals surface area contributed by atoms with Gasteiger partial charge in [0, 0.05) is 31.7 Å². The summed E-state index contributed by atoms with van der Waals surface area (Å²) >= 11 is 0. The zero-order chi connectivity index (χ0) is 14.2. The van der Waals surface area contributed by atoms with E-state index in [1.807, 2.05) is 38.1 Å². The second-order valence-electron chi connectivity index (χ2n) is 4.47. The highest BCUT2D eigenvalue weighted by Gasteiger charge is 2.07. The number of pyridine rings is 1. The van der Waals surface area contributed by atoms with Crippen molar-refractivity contribution in [2.75, 3.05) is 19.8 Å². The Hall–Kier alpha value is -1.49. The fourth-order valence-electron chi connectivity index (χ4n) is 2.06. The predicted molar refractivity (Wildman–Crippen MR) is 80.5 cm³/mol. The van der Waals surface area contributed by atoms with Crippen LogP contribution in [0.15, 0.2) is 36.4 Å². The third kappa shape index (κ3) is 4.27. The van der Waals surface area contributed by atoms with Crippen LogP contribution in [0.5, 0.6) is 0 Å². The summed E-state index contributed by atoms with van der Waals surface area (Å²) in [6, 6.07) is 12.3. The minimum absolute atomic E-state index is 0.189. The number of para-hydroxylation sites is 1. The van der Waals surface area contributed by atoms with Crippen molar-refractivity contribution in [1.82, 2.24) is 10.3 Å². The minimum Gasteiger partial charge on any atom is -0.352 e. The van der Waals surface area contributed by atoms with Gasteiger partial charge in [-0.05, 0) is 26.0 Å². The molecule has 0 saturated heterocycles. The maximum atomic E-state index is 5.49. The van der Waals surface area contributed by atoms with E-state index in [4.69, 9.17) is 9.47 Å². The molecule has 0 aliphatic carbocycles. The van der Waals surface area contributed by atoms with Crippen LogP contribution in [0.4, 0.5) is 0 Å². The van der Waals surface area contributed by atoms with Crippen molar-refractivity contribution >= 4 is 10.9 Å². The second-order valence-corrected chi connectivity index (χ2v) is 4.47. The van der Waals surface area contributed by atoms with Crippen LogP contribution in [-0.4, -0.2) is 31.0 Å². The number of aromatic nitrogens is 1. The Bertz CT molecular complexity index is 525. The van der Waals surface area contributed by atoms with Crippen LogP contribution >= 0.6 is 0 Å². The van der Waals surface area contributed by atoms with E-state index in [1.54, 1.807) is 0 Å². The quantitative estimate of drug-likeness (QED) is 0.752. The Morgan fingerprint density at radius 3 is 2.55 bits per heavy atom. The highest BCUT2D eigenvalue weighted by molar-refractivity contribution is 5.78. The van der Waals surface area contributed by atoms with E-state index in [2.05, 4.69) is 22.4 Å². The molecule has 0 radical (unpaired) electrons. The van der Waals surface area contributed by atoms with Gasteiger partial charge in [-0.15, -0.1) is 0 Å². The topological polar surface area (TPSA) is 43.4 Å². The van der Waals surface area contributed by atoms with E-state index in [0.29, 0.717) is 26.3 Å². The first-order valence-electron chi connectivity index (χ1n) is 7.12. The predicted octanol–water partition coefficient (Wildman–Crippen LogP) is 2.72. The third-order valence-electron chi connectivity index (χ3n) is 2.98. The van der Waals surface area contributed by atoms with Crippen LogP contribution in [0.3, 0.4) is 0 Å². The van der Waals surface area contributed by atoms with Gasteiger partial charge in [-0.3, -0.25) is 4.98 Å².